The molecule has 0 saturated heterocycles. The van der Waals surface area contributed by atoms with Gasteiger partial charge in [0.25, 0.3) is 0 Å². The van der Waals surface area contributed by atoms with Gasteiger partial charge in [0.2, 0.25) is 5.69 Å². The molecule has 3 heteroatoms. The minimum Gasteiger partial charge on any atom is -0.248 e. The van der Waals surface area contributed by atoms with Crippen LogP contribution in [0.1, 0.15) is 0 Å². The summed E-state index contributed by atoms with van der Waals surface area (Å²) >= 11 is 5.78. The van der Waals surface area contributed by atoms with Crippen LogP contribution in [0.15, 0.2) is 30.3 Å². The van der Waals surface area contributed by atoms with Crippen molar-refractivity contribution >= 4 is 28.2 Å². The highest BCUT2D eigenvalue weighted by Crippen LogP contribution is 2.26. The van der Waals surface area contributed by atoms with Crippen LogP contribution in [0, 0.1) is 6.57 Å². The van der Waals surface area contributed by atoms with Gasteiger partial charge in [0.05, 0.1) is 12.1 Å². The molecular weight excluding hydrogens is 184 g/mol. The first-order valence-electron chi connectivity index (χ1n) is 3.74. The Labute approximate surface area is 80.6 Å². The largest absolute Gasteiger partial charge is 0.248 e. The van der Waals surface area contributed by atoms with Gasteiger partial charge in [0.15, 0.2) is 0 Å². The number of pyridine rings is 1. The summed E-state index contributed by atoms with van der Waals surface area (Å²) in [5, 5.41) is 1.21. The SMILES string of the molecule is [C-]#[N+]c1cc2ccccc2nc1Cl. The van der Waals surface area contributed by atoms with Gasteiger partial charge in [-0.05, 0) is 17.5 Å². The van der Waals surface area contributed by atoms with E-state index in [4.69, 9.17) is 18.2 Å². The molecule has 62 valence electrons. The molecule has 0 radical (unpaired) electrons. The molecule has 0 aliphatic heterocycles. The van der Waals surface area contributed by atoms with Gasteiger partial charge >= 0.3 is 0 Å². The Morgan fingerprint density at radius 3 is 2.85 bits per heavy atom. The van der Waals surface area contributed by atoms with Crippen LogP contribution in [0.5, 0.6) is 0 Å². The molecule has 0 amide bonds. The van der Waals surface area contributed by atoms with Gasteiger partial charge in [0, 0.05) is 0 Å². The van der Waals surface area contributed by atoms with Gasteiger partial charge in [-0.15, -0.1) is 0 Å². The standard InChI is InChI=1S/C10H5ClN2/c1-12-9-6-7-4-2-3-5-8(7)13-10(9)11/h2-6H. The Morgan fingerprint density at radius 2 is 2.08 bits per heavy atom. The van der Waals surface area contributed by atoms with Gasteiger partial charge < -0.3 is 0 Å². The average molecular weight is 189 g/mol. The molecular formula is C10H5ClN2. The van der Waals surface area contributed by atoms with Crippen molar-refractivity contribution in [2.24, 2.45) is 0 Å². The lowest BCUT2D eigenvalue weighted by molar-refractivity contribution is 1.42. The summed E-state index contributed by atoms with van der Waals surface area (Å²) in [6.07, 6.45) is 0. The zero-order valence-corrected chi connectivity index (χ0v) is 7.42. The smallest absolute Gasteiger partial charge is 0.224 e. The second-order valence-electron chi connectivity index (χ2n) is 2.60. The Balaban J connectivity index is 2.83. The van der Waals surface area contributed by atoms with E-state index in [0.29, 0.717) is 5.69 Å². The van der Waals surface area contributed by atoms with Crippen molar-refractivity contribution < 1.29 is 0 Å². The zero-order valence-electron chi connectivity index (χ0n) is 6.66. The van der Waals surface area contributed by atoms with Crippen LogP contribution in [-0.2, 0) is 0 Å². The summed E-state index contributed by atoms with van der Waals surface area (Å²) in [5.41, 5.74) is 1.22. The topological polar surface area (TPSA) is 17.2 Å². The van der Waals surface area contributed by atoms with Crippen molar-refractivity contribution in [3.8, 4) is 0 Å². The highest BCUT2D eigenvalue weighted by Gasteiger charge is 2.02. The predicted octanol–water partition coefficient (Wildman–Crippen LogP) is 3.44. The second kappa shape index (κ2) is 3.04. The Hall–Kier alpha value is -1.59. The van der Waals surface area contributed by atoms with Crippen LogP contribution in [0.3, 0.4) is 0 Å². The minimum absolute atomic E-state index is 0.272. The van der Waals surface area contributed by atoms with E-state index < -0.39 is 0 Å². The summed E-state index contributed by atoms with van der Waals surface area (Å²) in [4.78, 5) is 7.37. The van der Waals surface area contributed by atoms with Gasteiger partial charge in [-0.2, -0.15) is 0 Å². The van der Waals surface area contributed by atoms with Crippen molar-refractivity contribution in [3.63, 3.8) is 0 Å². The molecule has 0 aliphatic carbocycles. The Bertz CT molecular complexity index is 500. The maximum Gasteiger partial charge on any atom is 0.224 e. The van der Waals surface area contributed by atoms with Crippen molar-refractivity contribution in [1.29, 1.82) is 0 Å². The number of hydrogen-bond donors (Lipinski definition) is 0. The first-order chi connectivity index (χ1) is 6.31. The summed E-state index contributed by atoms with van der Waals surface area (Å²) in [6.45, 7) is 6.86. The van der Waals surface area contributed by atoms with Crippen molar-refractivity contribution in [2.45, 2.75) is 0 Å². The molecule has 0 aliphatic rings. The molecule has 0 atom stereocenters. The number of benzene rings is 1. The van der Waals surface area contributed by atoms with Crippen LogP contribution in [0.4, 0.5) is 5.69 Å². The maximum absolute atomic E-state index is 6.86. The van der Waals surface area contributed by atoms with Gasteiger partial charge in [-0.3, -0.25) is 0 Å². The van der Waals surface area contributed by atoms with Crippen LogP contribution >= 0.6 is 11.6 Å². The number of hydrogen-bond acceptors (Lipinski definition) is 1. The highest BCUT2D eigenvalue weighted by atomic mass is 35.5. The molecule has 0 unspecified atom stereocenters. The van der Waals surface area contributed by atoms with E-state index >= 15 is 0 Å². The molecule has 0 N–H and O–H groups in total. The summed E-state index contributed by atoms with van der Waals surface area (Å²) in [6, 6.07) is 9.33. The first kappa shape index (κ1) is 8.03. The maximum atomic E-state index is 6.86. The van der Waals surface area contributed by atoms with E-state index in [0.717, 1.165) is 10.9 Å². The van der Waals surface area contributed by atoms with E-state index in [1.165, 1.54) is 0 Å². The van der Waals surface area contributed by atoms with E-state index in [2.05, 4.69) is 9.83 Å². The number of fused-ring (bicyclic) bond motifs is 1. The number of aromatic nitrogens is 1. The fourth-order valence-corrected chi connectivity index (χ4v) is 1.35. The minimum atomic E-state index is 0.272. The molecule has 2 nitrogen and oxygen atoms in total. The molecule has 1 aromatic carbocycles. The molecule has 0 saturated carbocycles. The number of halogens is 1. The zero-order chi connectivity index (χ0) is 9.26. The van der Waals surface area contributed by atoms with E-state index in [1.54, 1.807) is 6.07 Å². The Kier molecular flexibility index (Phi) is 1.88. The van der Waals surface area contributed by atoms with Crippen molar-refractivity contribution in [1.82, 2.24) is 4.98 Å². The van der Waals surface area contributed by atoms with E-state index in [9.17, 15) is 0 Å². The normalized spacial score (nSPS) is 9.85. The molecule has 1 heterocycles. The van der Waals surface area contributed by atoms with Crippen molar-refractivity contribution in [2.75, 3.05) is 0 Å². The predicted molar refractivity (Wildman–Crippen MR) is 53.0 cm³/mol. The molecule has 1 aromatic heterocycles. The third-order valence-electron chi connectivity index (χ3n) is 1.78. The molecule has 13 heavy (non-hydrogen) atoms. The average Bonchev–Trinajstić information content (AvgIpc) is 2.17. The van der Waals surface area contributed by atoms with Crippen LogP contribution < -0.4 is 0 Å². The van der Waals surface area contributed by atoms with Gasteiger partial charge in [0.1, 0.15) is 5.15 Å². The quantitative estimate of drug-likeness (QED) is 0.457. The number of para-hydroxylation sites is 1. The van der Waals surface area contributed by atoms with Crippen molar-refractivity contribution in [3.05, 3.63) is 46.9 Å². The van der Waals surface area contributed by atoms with Crippen LogP contribution in [0.25, 0.3) is 15.7 Å². The van der Waals surface area contributed by atoms with Gasteiger partial charge in [-0.1, -0.05) is 29.8 Å². The van der Waals surface area contributed by atoms with Crippen LogP contribution in [-0.4, -0.2) is 4.98 Å². The van der Waals surface area contributed by atoms with Gasteiger partial charge in [-0.25, -0.2) is 9.83 Å². The fraction of sp³-hybridized carbons (Fsp3) is 0. The third kappa shape index (κ3) is 1.34. The monoisotopic (exact) mass is 188 g/mol. The summed E-state index contributed by atoms with van der Waals surface area (Å²) in [7, 11) is 0. The second-order valence-corrected chi connectivity index (χ2v) is 2.96. The molecule has 2 rings (SSSR count). The lowest BCUT2D eigenvalue weighted by atomic mass is 10.2. The van der Waals surface area contributed by atoms with E-state index in [-0.39, 0.29) is 5.15 Å². The molecule has 0 bridgehead atoms. The summed E-state index contributed by atoms with van der Waals surface area (Å²) < 4.78 is 0. The van der Waals surface area contributed by atoms with Crippen LogP contribution in [0.2, 0.25) is 5.15 Å². The Morgan fingerprint density at radius 1 is 1.31 bits per heavy atom. The van der Waals surface area contributed by atoms with E-state index in [1.807, 2.05) is 24.3 Å². The molecule has 2 aromatic rings. The number of rotatable bonds is 0. The summed E-state index contributed by atoms with van der Waals surface area (Å²) in [5.74, 6) is 0. The highest BCUT2D eigenvalue weighted by molar-refractivity contribution is 6.32. The number of nitrogens with zero attached hydrogens (tertiary/aromatic N) is 2. The lowest BCUT2D eigenvalue weighted by Gasteiger charge is -1.98. The first-order valence-corrected chi connectivity index (χ1v) is 4.12. The molecule has 0 fully saturated rings. The molecule has 0 spiro atoms. The fourth-order valence-electron chi connectivity index (χ4n) is 1.16. The lowest BCUT2D eigenvalue weighted by Crippen LogP contribution is -1.78. The third-order valence-corrected chi connectivity index (χ3v) is 2.06.